The Morgan fingerprint density at radius 1 is 1.32 bits per heavy atom. The lowest BCUT2D eigenvalue weighted by Gasteiger charge is -2.32. The van der Waals surface area contributed by atoms with Gasteiger partial charge < -0.3 is 10.2 Å². The number of non-ortho nitro benzene ring substituents is 1. The van der Waals surface area contributed by atoms with Crippen LogP contribution in [0.15, 0.2) is 24.3 Å². The highest BCUT2D eigenvalue weighted by molar-refractivity contribution is 5.85. The van der Waals surface area contributed by atoms with E-state index in [0.717, 1.165) is 38.0 Å². The van der Waals surface area contributed by atoms with E-state index in [1.165, 1.54) is 12.1 Å². The number of carbonyl (C=O) groups is 1. The second kappa shape index (κ2) is 8.70. The number of nitro groups is 1. The molecule has 1 aliphatic heterocycles. The van der Waals surface area contributed by atoms with E-state index in [9.17, 15) is 14.9 Å². The molecule has 0 unspecified atom stereocenters. The summed E-state index contributed by atoms with van der Waals surface area (Å²) in [5.41, 5.74) is 0.877. The van der Waals surface area contributed by atoms with E-state index in [4.69, 9.17) is 0 Å². The number of carbonyl (C=O) groups excluding carboxylic acids is 1. The van der Waals surface area contributed by atoms with Gasteiger partial charge in [-0.15, -0.1) is 12.4 Å². The summed E-state index contributed by atoms with van der Waals surface area (Å²) >= 11 is 0. The number of hydrogen-bond acceptors (Lipinski definition) is 4. The second-order valence-electron chi connectivity index (χ2n) is 5.48. The summed E-state index contributed by atoms with van der Waals surface area (Å²) in [5.74, 6) is 0.755. The van der Waals surface area contributed by atoms with Crippen LogP contribution < -0.4 is 5.32 Å². The van der Waals surface area contributed by atoms with E-state index < -0.39 is 4.92 Å². The first-order chi connectivity index (χ1) is 10.1. The normalized spacial score (nSPS) is 15.2. The van der Waals surface area contributed by atoms with Crippen molar-refractivity contribution in [2.45, 2.75) is 19.3 Å². The number of hydrogen-bond donors (Lipinski definition) is 1. The molecule has 1 fully saturated rings. The van der Waals surface area contributed by atoms with Crippen LogP contribution in [-0.2, 0) is 11.2 Å². The lowest BCUT2D eigenvalue weighted by atomic mass is 9.96. The molecule has 1 aromatic rings. The van der Waals surface area contributed by atoms with Crippen molar-refractivity contribution in [3.63, 3.8) is 0 Å². The van der Waals surface area contributed by atoms with E-state index in [2.05, 4.69) is 5.32 Å². The van der Waals surface area contributed by atoms with Gasteiger partial charge in [-0.2, -0.15) is 0 Å². The minimum absolute atomic E-state index is 0. The SMILES string of the molecule is CNCC1CCN(C(=O)Cc2ccc([N+](=O)[O-])cc2)CC1.Cl. The molecule has 122 valence electrons. The van der Waals surface area contributed by atoms with Crippen molar-refractivity contribution >= 4 is 24.0 Å². The van der Waals surface area contributed by atoms with E-state index in [0.29, 0.717) is 12.3 Å². The smallest absolute Gasteiger partial charge is 0.269 e. The Morgan fingerprint density at radius 3 is 2.41 bits per heavy atom. The molecule has 1 saturated heterocycles. The molecule has 1 N–H and O–H groups in total. The maximum atomic E-state index is 12.2. The summed E-state index contributed by atoms with van der Waals surface area (Å²) in [6.07, 6.45) is 2.38. The number of halogens is 1. The number of benzene rings is 1. The maximum absolute atomic E-state index is 12.2. The average Bonchev–Trinajstić information content (AvgIpc) is 2.49. The standard InChI is InChI=1S/C15H21N3O3.ClH/c1-16-11-13-6-8-17(9-7-13)15(19)10-12-2-4-14(5-3-12)18(20)21;/h2-5,13,16H,6-11H2,1H3;1H. The molecule has 2 rings (SSSR count). The van der Waals surface area contributed by atoms with E-state index in [-0.39, 0.29) is 24.0 Å². The first kappa shape index (κ1) is 18.4. The van der Waals surface area contributed by atoms with Crippen molar-refractivity contribution in [2.24, 2.45) is 5.92 Å². The van der Waals surface area contributed by atoms with Crippen LogP contribution in [0.3, 0.4) is 0 Å². The number of likely N-dealkylation sites (tertiary alicyclic amines) is 1. The van der Waals surface area contributed by atoms with Crippen molar-refractivity contribution in [1.29, 1.82) is 0 Å². The largest absolute Gasteiger partial charge is 0.342 e. The second-order valence-corrected chi connectivity index (χ2v) is 5.48. The van der Waals surface area contributed by atoms with Gasteiger partial charge in [0.25, 0.3) is 5.69 Å². The number of rotatable bonds is 5. The third-order valence-corrected chi connectivity index (χ3v) is 3.96. The lowest BCUT2D eigenvalue weighted by Crippen LogP contribution is -2.41. The van der Waals surface area contributed by atoms with E-state index in [1.54, 1.807) is 12.1 Å². The Morgan fingerprint density at radius 2 is 1.91 bits per heavy atom. The zero-order valence-corrected chi connectivity index (χ0v) is 13.5. The maximum Gasteiger partial charge on any atom is 0.269 e. The summed E-state index contributed by atoms with van der Waals surface area (Å²) in [6, 6.07) is 6.21. The van der Waals surface area contributed by atoms with E-state index in [1.807, 2.05) is 11.9 Å². The van der Waals surface area contributed by atoms with Crippen LogP contribution in [0, 0.1) is 16.0 Å². The Bertz CT molecular complexity index is 499. The van der Waals surface area contributed by atoms with Crippen LogP contribution in [-0.4, -0.2) is 42.4 Å². The summed E-state index contributed by atoms with van der Waals surface area (Å²) in [5, 5.41) is 13.8. The van der Waals surface area contributed by atoms with Crippen molar-refractivity contribution in [1.82, 2.24) is 10.2 Å². The molecule has 1 amide bonds. The number of nitrogens with one attached hydrogen (secondary N) is 1. The van der Waals surface area contributed by atoms with Gasteiger partial charge in [0.1, 0.15) is 0 Å². The van der Waals surface area contributed by atoms with Gasteiger partial charge in [0, 0.05) is 25.2 Å². The van der Waals surface area contributed by atoms with Crippen LogP contribution in [0.25, 0.3) is 0 Å². The predicted octanol–water partition coefficient (Wildman–Crippen LogP) is 2.02. The molecular formula is C15H22ClN3O3. The molecule has 22 heavy (non-hydrogen) atoms. The minimum Gasteiger partial charge on any atom is -0.342 e. The minimum atomic E-state index is -0.432. The van der Waals surface area contributed by atoms with Crippen molar-refractivity contribution < 1.29 is 9.72 Å². The molecule has 0 aliphatic carbocycles. The summed E-state index contributed by atoms with van der Waals surface area (Å²) in [4.78, 5) is 24.3. The summed E-state index contributed by atoms with van der Waals surface area (Å²) in [7, 11) is 1.95. The quantitative estimate of drug-likeness (QED) is 0.663. The summed E-state index contributed by atoms with van der Waals surface area (Å²) in [6.45, 7) is 2.61. The van der Waals surface area contributed by atoms with Crippen molar-refractivity contribution in [3.05, 3.63) is 39.9 Å². The van der Waals surface area contributed by atoms with Crippen molar-refractivity contribution in [3.8, 4) is 0 Å². The summed E-state index contributed by atoms with van der Waals surface area (Å²) < 4.78 is 0. The first-order valence-corrected chi connectivity index (χ1v) is 7.26. The molecule has 1 heterocycles. The molecule has 1 aromatic carbocycles. The number of nitrogens with zero attached hydrogens (tertiary/aromatic N) is 2. The number of piperidine rings is 1. The van der Waals surface area contributed by atoms with Crippen LogP contribution >= 0.6 is 12.4 Å². The molecule has 1 aliphatic rings. The Labute approximate surface area is 136 Å². The molecule has 0 aromatic heterocycles. The van der Waals surface area contributed by atoms with Gasteiger partial charge in [-0.3, -0.25) is 14.9 Å². The molecular weight excluding hydrogens is 306 g/mol. The molecule has 0 bridgehead atoms. The van der Waals surface area contributed by atoms with E-state index >= 15 is 0 Å². The molecule has 0 radical (unpaired) electrons. The fraction of sp³-hybridized carbons (Fsp3) is 0.533. The predicted molar refractivity (Wildman–Crippen MR) is 87.3 cm³/mol. The van der Waals surface area contributed by atoms with Crippen LogP contribution in [0.1, 0.15) is 18.4 Å². The van der Waals surface area contributed by atoms with Crippen LogP contribution in [0.2, 0.25) is 0 Å². The van der Waals surface area contributed by atoms with Crippen LogP contribution in [0.5, 0.6) is 0 Å². The number of amides is 1. The van der Waals surface area contributed by atoms with Gasteiger partial charge in [0.05, 0.1) is 11.3 Å². The average molecular weight is 328 g/mol. The van der Waals surface area contributed by atoms with Gasteiger partial charge in [-0.05, 0) is 37.9 Å². The van der Waals surface area contributed by atoms with Gasteiger partial charge in [-0.25, -0.2) is 0 Å². The highest BCUT2D eigenvalue weighted by Crippen LogP contribution is 2.18. The van der Waals surface area contributed by atoms with Gasteiger partial charge >= 0.3 is 0 Å². The molecule has 0 spiro atoms. The Balaban J connectivity index is 0.00000242. The Hall–Kier alpha value is -1.66. The van der Waals surface area contributed by atoms with Crippen molar-refractivity contribution in [2.75, 3.05) is 26.7 Å². The lowest BCUT2D eigenvalue weighted by molar-refractivity contribution is -0.384. The third-order valence-electron chi connectivity index (χ3n) is 3.96. The third kappa shape index (κ3) is 4.96. The zero-order valence-electron chi connectivity index (χ0n) is 12.7. The monoisotopic (exact) mass is 327 g/mol. The zero-order chi connectivity index (χ0) is 15.2. The van der Waals surface area contributed by atoms with Gasteiger partial charge in [-0.1, -0.05) is 12.1 Å². The van der Waals surface area contributed by atoms with Gasteiger partial charge in [0.15, 0.2) is 0 Å². The van der Waals surface area contributed by atoms with Crippen LogP contribution in [0.4, 0.5) is 5.69 Å². The molecule has 6 nitrogen and oxygen atoms in total. The number of nitro benzene ring substituents is 1. The first-order valence-electron chi connectivity index (χ1n) is 7.26. The molecule has 0 saturated carbocycles. The fourth-order valence-electron chi connectivity index (χ4n) is 2.70. The molecule has 0 atom stereocenters. The highest BCUT2D eigenvalue weighted by Gasteiger charge is 2.22. The highest BCUT2D eigenvalue weighted by atomic mass is 35.5. The Kier molecular flexibility index (Phi) is 7.27. The molecule has 7 heteroatoms. The topological polar surface area (TPSA) is 75.5 Å². The van der Waals surface area contributed by atoms with Gasteiger partial charge in [0.2, 0.25) is 5.91 Å². The fourth-order valence-corrected chi connectivity index (χ4v) is 2.70.